The fraction of sp³-hybridized carbons (Fsp3) is 0.364. The van der Waals surface area contributed by atoms with Gasteiger partial charge in [0, 0.05) is 0 Å². The Morgan fingerprint density at radius 3 is 2.85 bits per heavy atom. The van der Waals surface area contributed by atoms with Crippen molar-refractivity contribution in [1.82, 2.24) is 0 Å². The Balaban J connectivity index is 2.01. The highest BCUT2D eigenvalue weighted by Gasteiger charge is 2.22. The van der Waals surface area contributed by atoms with E-state index in [1.54, 1.807) is 0 Å². The normalized spacial score (nSPS) is 15.8. The minimum atomic E-state index is 0.660. The van der Waals surface area contributed by atoms with Crippen LogP contribution < -0.4 is 4.74 Å². The topological polar surface area (TPSA) is 9.23 Å². The fourth-order valence-corrected chi connectivity index (χ4v) is 1.41. The molecule has 2 heteroatoms. The van der Waals surface area contributed by atoms with E-state index in [1.807, 2.05) is 18.2 Å². The average Bonchev–Trinajstić information content (AvgIpc) is 2.86. The van der Waals surface area contributed by atoms with Gasteiger partial charge in [-0.25, -0.2) is 0 Å². The van der Waals surface area contributed by atoms with Gasteiger partial charge in [-0.3, -0.25) is 0 Å². The molecule has 1 aliphatic rings. The van der Waals surface area contributed by atoms with Gasteiger partial charge in [-0.15, -0.1) is 0 Å². The summed E-state index contributed by atoms with van der Waals surface area (Å²) in [5.74, 6) is 1.54. The summed E-state index contributed by atoms with van der Waals surface area (Å²) in [6, 6.07) is 5.62. The molecule has 0 spiro atoms. The zero-order valence-corrected chi connectivity index (χ0v) is 8.18. The molecule has 0 heterocycles. The molecule has 1 saturated carbocycles. The van der Waals surface area contributed by atoms with Gasteiger partial charge in [0.2, 0.25) is 0 Å². The number of benzene rings is 1. The lowest BCUT2D eigenvalue weighted by molar-refractivity contribution is 0.300. The second-order valence-electron chi connectivity index (χ2n) is 3.52. The quantitative estimate of drug-likeness (QED) is 0.719. The molecule has 0 saturated heterocycles. The summed E-state index contributed by atoms with van der Waals surface area (Å²) in [7, 11) is 0. The Bertz CT molecular complexity index is 305. The minimum absolute atomic E-state index is 0.660. The van der Waals surface area contributed by atoms with E-state index in [9.17, 15) is 0 Å². The highest BCUT2D eigenvalue weighted by atomic mass is 35.5. The van der Waals surface area contributed by atoms with Crippen LogP contribution in [0.2, 0.25) is 5.02 Å². The summed E-state index contributed by atoms with van der Waals surface area (Å²) in [6.45, 7) is 4.59. The van der Waals surface area contributed by atoms with Crippen molar-refractivity contribution < 1.29 is 4.74 Å². The summed E-state index contributed by atoms with van der Waals surface area (Å²) in [6.07, 6.45) is 2.59. The van der Waals surface area contributed by atoms with E-state index in [4.69, 9.17) is 16.3 Å². The Labute approximate surface area is 83.7 Å². The largest absolute Gasteiger partial charge is 0.492 e. The number of ether oxygens (including phenoxy) is 1. The molecule has 1 radical (unpaired) electrons. The van der Waals surface area contributed by atoms with Gasteiger partial charge >= 0.3 is 0 Å². The van der Waals surface area contributed by atoms with Crippen LogP contribution in [-0.2, 0) is 0 Å². The van der Waals surface area contributed by atoms with E-state index in [-0.39, 0.29) is 0 Å². The molecule has 2 rings (SSSR count). The predicted octanol–water partition coefficient (Wildman–Crippen LogP) is 3.31. The van der Waals surface area contributed by atoms with Crippen molar-refractivity contribution in [2.75, 3.05) is 6.61 Å². The smallest absolute Gasteiger partial charge is 0.137 e. The second kappa shape index (κ2) is 3.59. The van der Waals surface area contributed by atoms with E-state index in [0.29, 0.717) is 5.02 Å². The van der Waals surface area contributed by atoms with Gasteiger partial charge in [-0.05, 0) is 43.4 Å². The van der Waals surface area contributed by atoms with E-state index in [1.165, 1.54) is 12.8 Å². The lowest BCUT2D eigenvalue weighted by Gasteiger charge is -2.07. The van der Waals surface area contributed by atoms with Crippen LogP contribution in [0.15, 0.2) is 18.2 Å². The van der Waals surface area contributed by atoms with Crippen molar-refractivity contribution in [3.05, 3.63) is 35.7 Å². The first-order chi connectivity index (χ1) is 6.25. The zero-order valence-electron chi connectivity index (χ0n) is 7.42. The van der Waals surface area contributed by atoms with Crippen LogP contribution in [0.4, 0.5) is 0 Å². The van der Waals surface area contributed by atoms with Gasteiger partial charge in [-0.2, -0.15) is 0 Å². The zero-order chi connectivity index (χ0) is 9.26. The van der Waals surface area contributed by atoms with Crippen molar-refractivity contribution >= 4 is 11.6 Å². The molecule has 1 aromatic rings. The van der Waals surface area contributed by atoms with E-state index in [2.05, 4.69) is 6.92 Å². The third-order valence-electron chi connectivity index (χ3n) is 2.17. The van der Waals surface area contributed by atoms with Crippen LogP contribution in [0.5, 0.6) is 5.75 Å². The molecule has 1 aromatic carbocycles. The predicted molar refractivity (Wildman–Crippen MR) is 54.1 cm³/mol. The molecule has 0 amide bonds. The van der Waals surface area contributed by atoms with Gasteiger partial charge in [0.25, 0.3) is 0 Å². The summed E-state index contributed by atoms with van der Waals surface area (Å²) >= 11 is 5.97. The maximum Gasteiger partial charge on any atom is 0.137 e. The molecule has 1 aliphatic carbocycles. The highest BCUT2D eigenvalue weighted by Crippen LogP contribution is 2.31. The van der Waals surface area contributed by atoms with Crippen molar-refractivity contribution in [2.45, 2.75) is 12.8 Å². The van der Waals surface area contributed by atoms with Gasteiger partial charge in [-0.1, -0.05) is 17.7 Å². The second-order valence-corrected chi connectivity index (χ2v) is 3.93. The van der Waals surface area contributed by atoms with Crippen LogP contribution in [0, 0.1) is 12.8 Å². The summed E-state index contributed by atoms with van der Waals surface area (Å²) in [4.78, 5) is 0. The molecule has 0 aliphatic heterocycles. The molecule has 0 N–H and O–H groups in total. The third kappa shape index (κ3) is 2.38. The summed E-state index contributed by atoms with van der Waals surface area (Å²) < 4.78 is 5.56. The number of hydrogen-bond donors (Lipinski definition) is 0. The SMILES string of the molecule is [CH2]c1ccc(OCC2CC2)c(Cl)c1. The van der Waals surface area contributed by atoms with Gasteiger partial charge in [0.15, 0.2) is 0 Å². The molecule has 0 bridgehead atoms. The summed E-state index contributed by atoms with van der Waals surface area (Å²) in [5, 5.41) is 0.660. The fourth-order valence-electron chi connectivity index (χ4n) is 1.15. The molecule has 13 heavy (non-hydrogen) atoms. The lowest BCUT2D eigenvalue weighted by atomic mass is 10.2. The van der Waals surface area contributed by atoms with E-state index in [0.717, 1.165) is 23.8 Å². The molecule has 0 unspecified atom stereocenters. The molecule has 1 fully saturated rings. The Hall–Kier alpha value is -0.690. The van der Waals surface area contributed by atoms with Crippen molar-refractivity contribution in [3.63, 3.8) is 0 Å². The van der Waals surface area contributed by atoms with Crippen molar-refractivity contribution in [1.29, 1.82) is 0 Å². The third-order valence-corrected chi connectivity index (χ3v) is 2.46. The van der Waals surface area contributed by atoms with Crippen LogP contribution in [-0.4, -0.2) is 6.61 Å². The maximum absolute atomic E-state index is 5.97. The van der Waals surface area contributed by atoms with Crippen LogP contribution in [0.1, 0.15) is 18.4 Å². The molecule has 69 valence electrons. The first kappa shape index (κ1) is 8.89. The number of hydrogen-bond acceptors (Lipinski definition) is 1. The van der Waals surface area contributed by atoms with Gasteiger partial charge in [0.05, 0.1) is 11.6 Å². The lowest BCUT2D eigenvalue weighted by Crippen LogP contribution is -1.99. The summed E-state index contributed by atoms with van der Waals surface area (Å²) in [5.41, 5.74) is 0.920. The van der Waals surface area contributed by atoms with Crippen LogP contribution in [0.3, 0.4) is 0 Å². The Morgan fingerprint density at radius 1 is 1.46 bits per heavy atom. The number of halogens is 1. The van der Waals surface area contributed by atoms with Crippen LogP contribution >= 0.6 is 11.6 Å². The molecule has 0 aromatic heterocycles. The molecular formula is C11H12ClO. The number of rotatable bonds is 3. The molecule has 1 nitrogen and oxygen atoms in total. The van der Waals surface area contributed by atoms with E-state index < -0.39 is 0 Å². The highest BCUT2D eigenvalue weighted by molar-refractivity contribution is 6.32. The molecular weight excluding hydrogens is 184 g/mol. The van der Waals surface area contributed by atoms with Gasteiger partial charge < -0.3 is 4.74 Å². The average molecular weight is 196 g/mol. The van der Waals surface area contributed by atoms with Crippen molar-refractivity contribution in [2.24, 2.45) is 5.92 Å². The van der Waals surface area contributed by atoms with E-state index >= 15 is 0 Å². The first-order valence-electron chi connectivity index (χ1n) is 4.50. The van der Waals surface area contributed by atoms with Gasteiger partial charge in [0.1, 0.15) is 5.75 Å². The Morgan fingerprint density at radius 2 is 2.23 bits per heavy atom. The Kier molecular flexibility index (Phi) is 2.45. The maximum atomic E-state index is 5.97. The van der Waals surface area contributed by atoms with Crippen molar-refractivity contribution in [3.8, 4) is 5.75 Å². The first-order valence-corrected chi connectivity index (χ1v) is 4.88. The monoisotopic (exact) mass is 195 g/mol. The molecule has 0 atom stereocenters. The van der Waals surface area contributed by atoms with Crippen LogP contribution in [0.25, 0.3) is 0 Å². The standard InChI is InChI=1S/C11H12ClO/c1-8-2-5-11(10(12)6-8)13-7-9-3-4-9/h2,5-6,9H,1,3-4,7H2. The minimum Gasteiger partial charge on any atom is -0.492 e.